The third-order valence-electron chi connectivity index (χ3n) is 2.88. The molecule has 0 aliphatic heterocycles. The maximum Gasteiger partial charge on any atom is 0.338 e. The van der Waals surface area contributed by atoms with Gasteiger partial charge in [0.15, 0.2) is 0 Å². The number of thiophene rings is 1. The van der Waals surface area contributed by atoms with Crippen molar-refractivity contribution < 1.29 is 14.7 Å². The monoisotopic (exact) mass is 322 g/mol. The third kappa shape index (κ3) is 3.56. The Morgan fingerprint density at radius 3 is 2.62 bits per heavy atom. The summed E-state index contributed by atoms with van der Waals surface area (Å²) in [5, 5.41) is 15.0. The summed E-state index contributed by atoms with van der Waals surface area (Å²) in [7, 11) is 0. The van der Waals surface area contributed by atoms with Crippen LogP contribution in [-0.4, -0.2) is 22.0 Å². The topological polar surface area (TPSA) is 79.3 Å². The number of carbonyl (C=O) groups is 2. The van der Waals surface area contributed by atoms with Crippen LogP contribution in [0.3, 0.4) is 0 Å². The van der Waals surface area contributed by atoms with E-state index in [9.17, 15) is 14.7 Å². The molecule has 1 amide bonds. The Kier molecular flexibility index (Phi) is 4.54. The zero-order valence-electron chi connectivity index (χ0n) is 11.8. The van der Waals surface area contributed by atoms with E-state index in [1.54, 1.807) is 13.0 Å². The summed E-state index contributed by atoms with van der Waals surface area (Å²) in [6, 6.07) is 0. The lowest BCUT2D eigenvalue weighted by molar-refractivity contribution is -0.111. The lowest BCUT2D eigenvalue weighted by Crippen LogP contribution is -2.10. The van der Waals surface area contributed by atoms with Crippen LogP contribution in [0.4, 0.5) is 5.00 Å². The number of carboxylic acid groups (broad SMARTS) is 1. The van der Waals surface area contributed by atoms with Crippen LogP contribution < -0.4 is 5.32 Å². The molecule has 0 aromatic carbocycles. The first-order valence-corrected chi connectivity index (χ1v) is 7.82. The van der Waals surface area contributed by atoms with Crippen molar-refractivity contribution in [1.29, 1.82) is 0 Å². The number of carboxylic acids is 1. The predicted molar refractivity (Wildman–Crippen MR) is 85.3 cm³/mol. The first-order valence-electron chi connectivity index (χ1n) is 6.13. The second-order valence-electron chi connectivity index (χ2n) is 4.41. The zero-order chi connectivity index (χ0) is 15.6. The Hall–Kier alpha value is -1.99. The van der Waals surface area contributed by atoms with E-state index in [2.05, 4.69) is 10.3 Å². The molecular weight excluding hydrogens is 308 g/mol. The van der Waals surface area contributed by atoms with E-state index >= 15 is 0 Å². The molecular formula is C14H14N2O3S2. The van der Waals surface area contributed by atoms with Gasteiger partial charge in [0.2, 0.25) is 5.91 Å². The van der Waals surface area contributed by atoms with Gasteiger partial charge >= 0.3 is 5.97 Å². The average Bonchev–Trinajstić information content (AvgIpc) is 2.92. The minimum Gasteiger partial charge on any atom is -0.478 e. The number of hydrogen-bond acceptors (Lipinski definition) is 5. The Morgan fingerprint density at radius 1 is 1.33 bits per heavy atom. The Labute approximate surface area is 130 Å². The smallest absolute Gasteiger partial charge is 0.338 e. The molecule has 0 atom stereocenters. The Morgan fingerprint density at radius 2 is 2.05 bits per heavy atom. The van der Waals surface area contributed by atoms with Crippen molar-refractivity contribution in [3.63, 3.8) is 0 Å². The fourth-order valence-electron chi connectivity index (χ4n) is 1.74. The average molecular weight is 322 g/mol. The van der Waals surface area contributed by atoms with Crippen LogP contribution in [0.25, 0.3) is 6.08 Å². The second-order valence-corrected chi connectivity index (χ2v) is 6.69. The van der Waals surface area contributed by atoms with Crippen LogP contribution in [0.2, 0.25) is 0 Å². The molecule has 2 aromatic heterocycles. The van der Waals surface area contributed by atoms with E-state index in [4.69, 9.17) is 0 Å². The molecule has 0 radical (unpaired) electrons. The van der Waals surface area contributed by atoms with Crippen LogP contribution in [0.1, 0.15) is 31.5 Å². The number of rotatable bonds is 4. The molecule has 0 fully saturated rings. The number of aromatic nitrogens is 1. The SMILES string of the molecule is Cc1nc(/C=C/C(=O)Nc2sc(C)c(C)c2C(=O)O)cs1. The number of carbonyl (C=O) groups excluding carboxylic acids is 1. The molecule has 0 aliphatic carbocycles. The third-order valence-corrected chi connectivity index (χ3v) is 4.79. The number of amides is 1. The van der Waals surface area contributed by atoms with Crippen molar-refractivity contribution in [2.45, 2.75) is 20.8 Å². The summed E-state index contributed by atoms with van der Waals surface area (Å²) >= 11 is 2.77. The predicted octanol–water partition coefficient (Wildman–Crippen LogP) is 3.48. The highest BCUT2D eigenvalue weighted by Gasteiger charge is 2.19. The molecule has 0 saturated heterocycles. The van der Waals surface area contributed by atoms with Crippen molar-refractivity contribution >= 4 is 45.6 Å². The van der Waals surface area contributed by atoms with Crippen LogP contribution in [0.5, 0.6) is 0 Å². The summed E-state index contributed by atoms with van der Waals surface area (Å²) in [6.45, 7) is 5.45. The van der Waals surface area contributed by atoms with E-state index in [1.807, 2.05) is 19.2 Å². The molecule has 0 saturated carbocycles. The minimum atomic E-state index is -1.04. The lowest BCUT2D eigenvalue weighted by Gasteiger charge is -2.01. The van der Waals surface area contributed by atoms with Crippen LogP contribution in [-0.2, 0) is 4.79 Å². The number of hydrogen-bond donors (Lipinski definition) is 2. The molecule has 7 heteroatoms. The number of aryl methyl sites for hydroxylation is 2. The molecule has 21 heavy (non-hydrogen) atoms. The van der Waals surface area contributed by atoms with Gasteiger partial charge in [0, 0.05) is 16.3 Å². The van der Waals surface area contributed by atoms with Gasteiger partial charge < -0.3 is 10.4 Å². The molecule has 5 nitrogen and oxygen atoms in total. The summed E-state index contributed by atoms with van der Waals surface area (Å²) < 4.78 is 0. The van der Waals surface area contributed by atoms with Crippen molar-refractivity contribution in [2.24, 2.45) is 0 Å². The molecule has 0 unspecified atom stereocenters. The van der Waals surface area contributed by atoms with Gasteiger partial charge in [0.05, 0.1) is 16.3 Å². The van der Waals surface area contributed by atoms with Crippen molar-refractivity contribution in [3.05, 3.63) is 38.2 Å². The van der Waals surface area contributed by atoms with Gasteiger partial charge in [-0.25, -0.2) is 9.78 Å². The van der Waals surface area contributed by atoms with Crippen LogP contribution in [0.15, 0.2) is 11.5 Å². The standard InChI is InChI=1S/C14H14N2O3S2/c1-7-8(2)21-13(12(7)14(18)19)16-11(17)5-4-10-6-20-9(3)15-10/h4-6H,1-3H3,(H,16,17)(H,18,19)/b5-4+. The quantitative estimate of drug-likeness (QED) is 0.845. The fraction of sp³-hybridized carbons (Fsp3) is 0.214. The summed E-state index contributed by atoms with van der Waals surface area (Å²) in [5.41, 5.74) is 1.55. The molecule has 0 aliphatic rings. The normalized spacial score (nSPS) is 11.0. The number of nitrogens with one attached hydrogen (secondary N) is 1. The van der Waals surface area contributed by atoms with E-state index in [-0.39, 0.29) is 11.5 Å². The second kappa shape index (κ2) is 6.19. The number of aromatic carboxylic acids is 1. The van der Waals surface area contributed by atoms with Gasteiger partial charge in [0.1, 0.15) is 5.00 Å². The van der Waals surface area contributed by atoms with Crippen LogP contribution >= 0.6 is 22.7 Å². The maximum absolute atomic E-state index is 11.9. The van der Waals surface area contributed by atoms with Gasteiger partial charge in [-0.15, -0.1) is 22.7 Å². The lowest BCUT2D eigenvalue weighted by atomic mass is 10.1. The molecule has 0 bridgehead atoms. The largest absolute Gasteiger partial charge is 0.478 e. The first kappa shape index (κ1) is 15.4. The van der Waals surface area contributed by atoms with Gasteiger partial charge in [0.25, 0.3) is 0 Å². The summed E-state index contributed by atoms with van der Waals surface area (Å²) in [6.07, 6.45) is 2.96. The highest BCUT2D eigenvalue weighted by atomic mass is 32.1. The first-order chi connectivity index (χ1) is 9.88. The van der Waals surface area contributed by atoms with E-state index in [1.165, 1.54) is 28.7 Å². The summed E-state index contributed by atoms with van der Waals surface area (Å²) in [5.74, 6) is -1.41. The molecule has 2 aromatic rings. The van der Waals surface area contributed by atoms with Crippen molar-refractivity contribution in [3.8, 4) is 0 Å². The Bertz CT molecular complexity index is 729. The van der Waals surface area contributed by atoms with Crippen LogP contribution in [0, 0.1) is 20.8 Å². The maximum atomic E-state index is 11.9. The number of thiazole rings is 1. The number of anilines is 1. The van der Waals surface area contributed by atoms with E-state index in [0.717, 1.165) is 9.88 Å². The Balaban J connectivity index is 2.15. The molecule has 0 spiro atoms. The van der Waals surface area contributed by atoms with Crippen molar-refractivity contribution in [1.82, 2.24) is 4.98 Å². The number of nitrogens with zero attached hydrogens (tertiary/aromatic N) is 1. The zero-order valence-corrected chi connectivity index (χ0v) is 13.4. The van der Waals surface area contributed by atoms with E-state index < -0.39 is 5.97 Å². The molecule has 2 N–H and O–H groups in total. The minimum absolute atomic E-state index is 0.156. The summed E-state index contributed by atoms with van der Waals surface area (Å²) in [4.78, 5) is 28.2. The fourth-order valence-corrected chi connectivity index (χ4v) is 3.38. The highest BCUT2D eigenvalue weighted by Crippen LogP contribution is 2.32. The van der Waals surface area contributed by atoms with Gasteiger partial charge in [-0.3, -0.25) is 4.79 Å². The molecule has 2 rings (SSSR count). The van der Waals surface area contributed by atoms with Crippen molar-refractivity contribution in [2.75, 3.05) is 5.32 Å². The van der Waals surface area contributed by atoms with Gasteiger partial charge in [-0.2, -0.15) is 0 Å². The highest BCUT2D eigenvalue weighted by molar-refractivity contribution is 7.16. The molecule has 2 heterocycles. The molecule has 110 valence electrons. The van der Waals surface area contributed by atoms with E-state index in [0.29, 0.717) is 16.3 Å². The van der Waals surface area contributed by atoms with Gasteiger partial charge in [-0.1, -0.05) is 0 Å². The van der Waals surface area contributed by atoms with Gasteiger partial charge in [-0.05, 0) is 32.4 Å².